The van der Waals surface area contributed by atoms with Gasteiger partial charge in [-0.3, -0.25) is 0 Å². The molecule has 1 saturated carbocycles. The van der Waals surface area contributed by atoms with Crippen LogP contribution in [-0.4, -0.2) is 18.2 Å². The standard InChI is InChI=1S/C17H24N2O/c1-12-5-4-6-15(9-12)19(3)17-10-14(11-18)7-8-16(17)13(2)20/h7-8,10,12-13,15,20H,4-6,9H2,1-3H3/t12?,13-,15?/m1/s1. The van der Waals surface area contributed by atoms with Crippen LogP contribution in [-0.2, 0) is 0 Å². The van der Waals surface area contributed by atoms with Crippen molar-refractivity contribution in [3.63, 3.8) is 0 Å². The van der Waals surface area contributed by atoms with Crippen LogP contribution in [0, 0.1) is 17.2 Å². The van der Waals surface area contributed by atoms with E-state index in [1.807, 2.05) is 12.1 Å². The second-order valence-electron chi connectivity index (χ2n) is 6.10. The molecule has 108 valence electrons. The zero-order valence-corrected chi connectivity index (χ0v) is 12.6. The monoisotopic (exact) mass is 272 g/mol. The SMILES string of the molecule is CC1CCCC(N(C)c2cc(C#N)ccc2[C@@H](C)O)C1. The molecule has 0 heterocycles. The van der Waals surface area contributed by atoms with Gasteiger partial charge in [0.25, 0.3) is 0 Å². The first-order valence-corrected chi connectivity index (χ1v) is 7.48. The van der Waals surface area contributed by atoms with E-state index in [2.05, 4.69) is 24.9 Å². The predicted molar refractivity (Wildman–Crippen MR) is 81.6 cm³/mol. The summed E-state index contributed by atoms with van der Waals surface area (Å²) in [5.74, 6) is 0.755. The van der Waals surface area contributed by atoms with Gasteiger partial charge in [0.2, 0.25) is 0 Å². The molecule has 1 fully saturated rings. The minimum absolute atomic E-state index is 0.505. The van der Waals surface area contributed by atoms with E-state index < -0.39 is 6.10 Å². The summed E-state index contributed by atoms with van der Waals surface area (Å²) in [5, 5.41) is 19.1. The van der Waals surface area contributed by atoms with Crippen molar-refractivity contribution in [1.82, 2.24) is 0 Å². The minimum Gasteiger partial charge on any atom is -0.389 e. The van der Waals surface area contributed by atoms with Crippen molar-refractivity contribution in [2.45, 2.75) is 51.7 Å². The van der Waals surface area contributed by atoms with E-state index in [4.69, 9.17) is 5.26 Å². The van der Waals surface area contributed by atoms with Crippen LogP contribution in [0.2, 0.25) is 0 Å². The van der Waals surface area contributed by atoms with Crippen molar-refractivity contribution in [3.05, 3.63) is 29.3 Å². The molecule has 1 aliphatic rings. The number of hydrogen-bond acceptors (Lipinski definition) is 3. The number of rotatable bonds is 3. The second-order valence-corrected chi connectivity index (χ2v) is 6.10. The average molecular weight is 272 g/mol. The Morgan fingerprint density at radius 2 is 2.15 bits per heavy atom. The molecule has 0 bridgehead atoms. The fourth-order valence-electron chi connectivity index (χ4n) is 3.22. The Bertz CT molecular complexity index is 504. The van der Waals surface area contributed by atoms with Crippen LogP contribution in [0.3, 0.4) is 0 Å². The van der Waals surface area contributed by atoms with Crippen LogP contribution in [0.15, 0.2) is 18.2 Å². The van der Waals surface area contributed by atoms with Gasteiger partial charge in [-0.1, -0.05) is 25.8 Å². The van der Waals surface area contributed by atoms with E-state index in [0.29, 0.717) is 11.6 Å². The molecular weight excluding hydrogens is 248 g/mol. The largest absolute Gasteiger partial charge is 0.389 e. The van der Waals surface area contributed by atoms with Gasteiger partial charge in [-0.2, -0.15) is 5.26 Å². The van der Waals surface area contributed by atoms with Gasteiger partial charge < -0.3 is 10.0 Å². The first-order valence-electron chi connectivity index (χ1n) is 7.48. The van der Waals surface area contributed by atoms with E-state index >= 15 is 0 Å². The zero-order chi connectivity index (χ0) is 14.7. The molecule has 1 aromatic rings. The molecule has 2 unspecified atom stereocenters. The second kappa shape index (κ2) is 6.28. The Balaban J connectivity index is 2.31. The molecular formula is C17H24N2O. The van der Waals surface area contributed by atoms with Gasteiger partial charge in [-0.05, 0) is 37.8 Å². The Morgan fingerprint density at radius 1 is 1.40 bits per heavy atom. The molecule has 3 atom stereocenters. The van der Waals surface area contributed by atoms with E-state index in [1.54, 1.807) is 13.0 Å². The van der Waals surface area contributed by atoms with Gasteiger partial charge in [-0.15, -0.1) is 0 Å². The summed E-state index contributed by atoms with van der Waals surface area (Å²) in [6.07, 6.45) is 4.44. The van der Waals surface area contributed by atoms with Gasteiger partial charge in [0, 0.05) is 24.3 Å². The van der Waals surface area contributed by atoms with E-state index in [9.17, 15) is 5.11 Å². The Kier molecular flexibility index (Phi) is 4.67. The topological polar surface area (TPSA) is 47.3 Å². The highest BCUT2D eigenvalue weighted by Crippen LogP contribution is 2.33. The molecule has 3 nitrogen and oxygen atoms in total. The van der Waals surface area contributed by atoms with Crippen molar-refractivity contribution in [3.8, 4) is 6.07 Å². The van der Waals surface area contributed by atoms with E-state index in [-0.39, 0.29) is 0 Å². The zero-order valence-electron chi connectivity index (χ0n) is 12.6. The average Bonchev–Trinajstić information content (AvgIpc) is 2.45. The first-order chi connectivity index (χ1) is 9.52. The lowest BCUT2D eigenvalue weighted by Crippen LogP contribution is -2.36. The maximum atomic E-state index is 9.96. The summed E-state index contributed by atoms with van der Waals surface area (Å²) in [7, 11) is 2.09. The van der Waals surface area contributed by atoms with Gasteiger partial charge >= 0.3 is 0 Å². The van der Waals surface area contributed by atoms with Crippen molar-refractivity contribution in [1.29, 1.82) is 5.26 Å². The van der Waals surface area contributed by atoms with Gasteiger partial charge in [-0.25, -0.2) is 0 Å². The summed E-state index contributed by atoms with van der Waals surface area (Å²) < 4.78 is 0. The molecule has 0 amide bonds. The highest BCUT2D eigenvalue weighted by atomic mass is 16.3. The molecule has 0 aliphatic heterocycles. The van der Waals surface area contributed by atoms with Crippen molar-refractivity contribution < 1.29 is 5.11 Å². The van der Waals surface area contributed by atoms with Crippen LogP contribution < -0.4 is 4.90 Å². The molecule has 3 heteroatoms. The van der Waals surface area contributed by atoms with Gasteiger partial charge in [0.15, 0.2) is 0 Å². The summed E-state index contributed by atoms with van der Waals surface area (Å²) in [4.78, 5) is 2.26. The van der Waals surface area contributed by atoms with E-state index in [0.717, 1.165) is 17.2 Å². The molecule has 20 heavy (non-hydrogen) atoms. The Hall–Kier alpha value is -1.53. The Morgan fingerprint density at radius 3 is 2.75 bits per heavy atom. The third kappa shape index (κ3) is 3.13. The van der Waals surface area contributed by atoms with Crippen LogP contribution in [0.4, 0.5) is 5.69 Å². The molecule has 1 aliphatic carbocycles. The lowest BCUT2D eigenvalue weighted by atomic mass is 9.86. The number of aliphatic hydroxyl groups is 1. The summed E-state index contributed by atoms with van der Waals surface area (Å²) in [6.45, 7) is 4.09. The highest BCUT2D eigenvalue weighted by molar-refractivity contribution is 5.58. The van der Waals surface area contributed by atoms with E-state index in [1.165, 1.54) is 25.7 Å². The quantitative estimate of drug-likeness (QED) is 0.914. The lowest BCUT2D eigenvalue weighted by molar-refractivity contribution is 0.199. The maximum absolute atomic E-state index is 9.96. The predicted octanol–water partition coefficient (Wildman–Crippen LogP) is 3.63. The summed E-state index contributed by atoms with van der Waals surface area (Å²) in [5.41, 5.74) is 2.56. The number of benzene rings is 1. The maximum Gasteiger partial charge on any atom is 0.0992 e. The van der Waals surface area contributed by atoms with Crippen LogP contribution >= 0.6 is 0 Å². The van der Waals surface area contributed by atoms with Crippen molar-refractivity contribution >= 4 is 5.69 Å². The van der Waals surface area contributed by atoms with Crippen molar-refractivity contribution in [2.75, 3.05) is 11.9 Å². The number of anilines is 1. The molecule has 0 aromatic heterocycles. The third-order valence-electron chi connectivity index (χ3n) is 4.45. The minimum atomic E-state index is -0.513. The highest BCUT2D eigenvalue weighted by Gasteiger charge is 2.24. The summed E-state index contributed by atoms with van der Waals surface area (Å²) >= 11 is 0. The van der Waals surface area contributed by atoms with Crippen LogP contribution in [0.25, 0.3) is 0 Å². The van der Waals surface area contributed by atoms with Crippen LogP contribution in [0.1, 0.15) is 56.8 Å². The molecule has 2 rings (SSSR count). The van der Waals surface area contributed by atoms with Gasteiger partial charge in [0.1, 0.15) is 0 Å². The smallest absolute Gasteiger partial charge is 0.0992 e. The molecule has 1 N–H and O–H groups in total. The van der Waals surface area contributed by atoms with Crippen LogP contribution in [0.5, 0.6) is 0 Å². The number of nitriles is 1. The number of aliphatic hydroxyl groups excluding tert-OH is 1. The molecule has 0 saturated heterocycles. The fraction of sp³-hybridized carbons (Fsp3) is 0.588. The Labute approximate surface area is 121 Å². The van der Waals surface area contributed by atoms with Gasteiger partial charge in [0.05, 0.1) is 17.7 Å². The number of hydrogen-bond donors (Lipinski definition) is 1. The summed E-state index contributed by atoms with van der Waals surface area (Å²) in [6, 6.07) is 8.26. The number of nitrogens with zero attached hydrogens (tertiary/aromatic N) is 2. The molecule has 1 aromatic carbocycles. The molecule has 0 spiro atoms. The normalized spacial score (nSPS) is 23.9. The molecule has 0 radical (unpaired) electrons. The third-order valence-corrected chi connectivity index (χ3v) is 4.45. The first kappa shape index (κ1) is 14.9. The van der Waals surface area contributed by atoms with Crippen molar-refractivity contribution in [2.24, 2.45) is 5.92 Å². The lowest BCUT2D eigenvalue weighted by Gasteiger charge is -2.37. The fourth-order valence-corrected chi connectivity index (χ4v) is 3.22.